The molecule has 0 saturated heterocycles. The fourth-order valence-electron chi connectivity index (χ4n) is 8.35. The van der Waals surface area contributed by atoms with Gasteiger partial charge in [-0.15, -0.1) is 0 Å². The molecule has 0 amide bonds. The number of rotatable bonds is 4. The van der Waals surface area contributed by atoms with Crippen molar-refractivity contribution < 1.29 is 10.2 Å². The molecule has 2 fully saturated rings. The molecule has 4 rings (SSSR count). The van der Waals surface area contributed by atoms with E-state index in [1.165, 1.54) is 29.6 Å². The molecule has 2 N–H and O–H groups in total. The van der Waals surface area contributed by atoms with Crippen molar-refractivity contribution in [3.8, 4) is 0 Å². The highest BCUT2D eigenvalue weighted by Crippen LogP contribution is 2.71. The number of unbranched alkanes of at least 4 members (excludes halogenated alkanes) is 1. The Hall–Kier alpha value is -0.860. The van der Waals surface area contributed by atoms with Gasteiger partial charge in [-0.2, -0.15) is 0 Å². The Balaban J connectivity index is 1.67. The average molecular weight is 427 g/mol. The van der Waals surface area contributed by atoms with Crippen LogP contribution >= 0.6 is 0 Å². The highest BCUT2D eigenvalue weighted by molar-refractivity contribution is 5.50. The lowest BCUT2D eigenvalue weighted by Crippen LogP contribution is -2.55. The zero-order valence-electron chi connectivity index (χ0n) is 21.1. The van der Waals surface area contributed by atoms with Gasteiger partial charge in [0.05, 0.1) is 12.2 Å². The van der Waals surface area contributed by atoms with Crippen molar-refractivity contribution in [1.82, 2.24) is 0 Å². The van der Waals surface area contributed by atoms with Crippen LogP contribution in [0.4, 0.5) is 0 Å². The van der Waals surface area contributed by atoms with Gasteiger partial charge >= 0.3 is 0 Å². The maximum Gasteiger partial charge on any atom is 0.0642 e. The zero-order valence-corrected chi connectivity index (χ0v) is 21.1. The lowest BCUT2D eigenvalue weighted by atomic mass is 9.44. The first kappa shape index (κ1) is 23.3. The minimum atomic E-state index is -0.261. The van der Waals surface area contributed by atoms with Crippen LogP contribution < -0.4 is 0 Å². The lowest BCUT2D eigenvalue weighted by molar-refractivity contribution is -0.0869. The minimum absolute atomic E-state index is 0.0702. The van der Waals surface area contributed by atoms with Crippen molar-refractivity contribution in [2.75, 3.05) is 0 Å². The van der Waals surface area contributed by atoms with Gasteiger partial charge in [-0.05, 0) is 104 Å². The van der Waals surface area contributed by atoms with Crippen molar-refractivity contribution >= 4 is 0 Å². The fraction of sp³-hybridized carbons (Fsp3) is 0.793. The van der Waals surface area contributed by atoms with Gasteiger partial charge in [0.25, 0.3) is 0 Å². The summed E-state index contributed by atoms with van der Waals surface area (Å²) in [6.45, 7) is 16.2. The predicted molar refractivity (Wildman–Crippen MR) is 130 cm³/mol. The van der Waals surface area contributed by atoms with E-state index in [-0.39, 0.29) is 33.9 Å². The molecule has 2 unspecified atom stereocenters. The van der Waals surface area contributed by atoms with Gasteiger partial charge < -0.3 is 10.2 Å². The summed E-state index contributed by atoms with van der Waals surface area (Å²) in [5, 5.41) is 22.3. The summed E-state index contributed by atoms with van der Waals surface area (Å²) in [7, 11) is 0. The SMILES string of the molecule is CC(C)=CCCCC1C[C@H](O)[C@@]2(C)C3=CCC4C(C)(C)[C@@H](O)CC[C@]4(C)C3=CC[C@]12C. The van der Waals surface area contributed by atoms with Gasteiger partial charge in [-0.25, -0.2) is 0 Å². The molecule has 0 aromatic rings. The largest absolute Gasteiger partial charge is 0.393 e. The van der Waals surface area contributed by atoms with E-state index in [2.05, 4.69) is 66.7 Å². The molecule has 0 bridgehead atoms. The molecule has 2 saturated carbocycles. The summed E-state index contributed by atoms with van der Waals surface area (Å²) >= 11 is 0. The minimum Gasteiger partial charge on any atom is -0.393 e. The Kier molecular flexibility index (Phi) is 5.71. The van der Waals surface area contributed by atoms with Crippen molar-refractivity contribution in [1.29, 1.82) is 0 Å². The first-order valence-corrected chi connectivity index (χ1v) is 12.8. The Labute approximate surface area is 190 Å². The van der Waals surface area contributed by atoms with Gasteiger partial charge in [0, 0.05) is 5.41 Å². The van der Waals surface area contributed by atoms with Crippen LogP contribution in [0.3, 0.4) is 0 Å². The normalized spacial score (nSPS) is 45.7. The number of allylic oxidation sites excluding steroid dienone is 5. The summed E-state index contributed by atoms with van der Waals surface area (Å²) in [5.74, 6) is 1.04. The highest BCUT2D eigenvalue weighted by Gasteiger charge is 2.65. The number of aliphatic hydroxyl groups is 2. The van der Waals surface area contributed by atoms with E-state index in [0.717, 1.165) is 38.5 Å². The summed E-state index contributed by atoms with van der Waals surface area (Å²) in [6.07, 6.45) is 15.5. The summed E-state index contributed by atoms with van der Waals surface area (Å²) in [6, 6.07) is 0. The van der Waals surface area contributed by atoms with Crippen LogP contribution in [-0.2, 0) is 0 Å². The maximum atomic E-state index is 11.5. The van der Waals surface area contributed by atoms with Crippen LogP contribution in [0.2, 0.25) is 0 Å². The molecule has 4 aliphatic rings. The molecule has 0 spiro atoms. The smallest absolute Gasteiger partial charge is 0.0642 e. The molecular formula is C29H46O2. The number of fused-ring (bicyclic) bond motifs is 5. The first-order valence-electron chi connectivity index (χ1n) is 12.8. The summed E-state index contributed by atoms with van der Waals surface area (Å²) in [5.41, 5.74) is 4.37. The standard InChI is InChI=1S/C29H46O2/c1-19(2)10-8-9-11-20-18-25(31)29(7)22-12-13-23-26(3,4)24(30)15-16-27(23,5)21(22)14-17-28(20,29)6/h10,12,14,20,23-25,30-31H,8-9,11,13,15-18H2,1-7H3/t20?,23?,24-,25-,27+,28+,29+/m0/s1. The molecule has 2 heteroatoms. The van der Waals surface area contributed by atoms with E-state index >= 15 is 0 Å². The topological polar surface area (TPSA) is 40.5 Å². The van der Waals surface area contributed by atoms with Gasteiger partial charge in [0.2, 0.25) is 0 Å². The number of hydrogen-bond donors (Lipinski definition) is 2. The third-order valence-corrected chi connectivity index (χ3v) is 10.8. The molecule has 2 nitrogen and oxygen atoms in total. The van der Waals surface area contributed by atoms with Crippen LogP contribution in [0.25, 0.3) is 0 Å². The maximum absolute atomic E-state index is 11.5. The number of aliphatic hydroxyl groups excluding tert-OH is 2. The van der Waals surface area contributed by atoms with Crippen LogP contribution in [0.15, 0.2) is 34.9 Å². The molecule has 0 heterocycles. The third kappa shape index (κ3) is 3.18. The van der Waals surface area contributed by atoms with Crippen LogP contribution in [0.1, 0.15) is 99.8 Å². The highest BCUT2D eigenvalue weighted by atomic mass is 16.3. The van der Waals surface area contributed by atoms with Crippen LogP contribution in [0.5, 0.6) is 0 Å². The molecule has 0 aromatic heterocycles. The second-order valence-electron chi connectivity index (χ2n) is 12.8. The fourth-order valence-corrected chi connectivity index (χ4v) is 8.35. The Morgan fingerprint density at radius 3 is 2.42 bits per heavy atom. The predicted octanol–water partition coefficient (Wildman–Crippen LogP) is 6.98. The lowest BCUT2D eigenvalue weighted by Gasteiger charge is -2.61. The molecular weight excluding hydrogens is 380 g/mol. The van der Waals surface area contributed by atoms with Gasteiger partial charge in [-0.3, -0.25) is 0 Å². The monoisotopic (exact) mass is 426 g/mol. The number of hydrogen-bond acceptors (Lipinski definition) is 2. The molecule has 4 aliphatic carbocycles. The van der Waals surface area contributed by atoms with Crippen molar-refractivity contribution in [3.05, 3.63) is 34.9 Å². The first-order chi connectivity index (χ1) is 14.4. The van der Waals surface area contributed by atoms with Gasteiger partial charge in [-0.1, -0.05) is 58.4 Å². The van der Waals surface area contributed by atoms with E-state index in [1.807, 2.05) is 0 Å². The van der Waals surface area contributed by atoms with Crippen molar-refractivity contribution in [2.24, 2.45) is 33.5 Å². The quantitative estimate of drug-likeness (QED) is 0.376. The van der Waals surface area contributed by atoms with E-state index in [4.69, 9.17) is 0 Å². The summed E-state index contributed by atoms with van der Waals surface area (Å²) < 4.78 is 0. The molecule has 174 valence electrons. The Morgan fingerprint density at radius 1 is 1.03 bits per heavy atom. The van der Waals surface area contributed by atoms with Gasteiger partial charge in [0.15, 0.2) is 0 Å². The van der Waals surface area contributed by atoms with Gasteiger partial charge in [0.1, 0.15) is 0 Å². The van der Waals surface area contributed by atoms with Crippen molar-refractivity contribution in [3.63, 3.8) is 0 Å². The molecule has 0 aliphatic heterocycles. The third-order valence-electron chi connectivity index (χ3n) is 10.8. The Morgan fingerprint density at radius 2 is 1.74 bits per heavy atom. The molecule has 0 aromatic carbocycles. The van der Waals surface area contributed by atoms with Crippen molar-refractivity contribution in [2.45, 2.75) is 112 Å². The summed E-state index contributed by atoms with van der Waals surface area (Å²) in [4.78, 5) is 0. The molecule has 7 atom stereocenters. The molecule has 0 radical (unpaired) electrons. The van der Waals surface area contributed by atoms with E-state index < -0.39 is 0 Å². The van der Waals surface area contributed by atoms with E-state index in [9.17, 15) is 10.2 Å². The van der Waals surface area contributed by atoms with Crippen LogP contribution in [-0.4, -0.2) is 22.4 Å². The van der Waals surface area contributed by atoms with E-state index in [0.29, 0.717) is 11.8 Å². The second-order valence-corrected chi connectivity index (χ2v) is 12.8. The van der Waals surface area contributed by atoms with Crippen LogP contribution in [0, 0.1) is 33.5 Å². The second kappa shape index (κ2) is 7.59. The van der Waals surface area contributed by atoms with E-state index in [1.54, 1.807) is 0 Å². The molecule has 31 heavy (non-hydrogen) atoms. The zero-order chi connectivity index (χ0) is 22.8. The Bertz CT molecular complexity index is 813. The average Bonchev–Trinajstić information content (AvgIpc) is 2.89.